The molecule has 7 rings (SSSR count). The summed E-state index contributed by atoms with van der Waals surface area (Å²) in [7, 11) is -3.39. The second-order valence-electron chi connectivity index (χ2n) is 15.8. The summed E-state index contributed by atoms with van der Waals surface area (Å²) in [6.45, 7) is 9.08. The molecule has 0 saturated carbocycles. The van der Waals surface area contributed by atoms with E-state index in [1.54, 1.807) is 33.8 Å². The molecule has 1 saturated heterocycles. The summed E-state index contributed by atoms with van der Waals surface area (Å²) in [6.07, 6.45) is 3.96. The number of carbonyl (C=O) groups excluding carboxylic acids is 2. The van der Waals surface area contributed by atoms with Gasteiger partial charge in [-0.3, -0.25) is 19.2 Å². The minimum absolute atomic E-state index is 0.0310. The Morgan fingerprint density at radius 2 is 1.88 bits per heavy atom. The summed E-state index contributed by atoms with van der Waals surface area (Å²) < 4.78 is 31.7. The molecule has 1 spiro atoms. The number of aryl methyl sites for hydroxylation is 1. The van der Waals surface area contributed by atoms with Crippen LogP contribution in [0, 0.1) is 5.92 Å². The fraction of sp³-hybridized carbons (Fsp3) is 0.476. The van der Waals surface area contributed by atoms with Crippen molar-refractivity contribution in [2.45, 2.75) is 95.4 Å². The molecule has 1 unspecified atom stereocenters. The summed E-state index contributed by atoms with van der Waals surface area (Å²) in [6, 6.07) is 18.8. The van der Waals surface area contributed by atoms with Crippen LogP contribution in [0.25, 0.3) is 0 Å². The summed E-state index contributed by atoms with van der Waals surface area (Å²) in [5.74, 6) is -0.0434. The molecule has 4 aromatic rings. The number of ether oxygens (including phenoxy) is 2. The second-order valence-corrected chi connectivity index (χ2v) is 20.5. The summed E-state index contributed by atoms with van der Waals surface area (Å²) in [4.78, 5) is 32.8. The summed E-state index contributed by atoms with van der Waals surface area (Å²) in [5.41, 5.74) is 3.46. The Morgan fingerprint density at radius 3 is 2.63 bits per heavy atom. The molecular formula is C42H52BrFN6O6Si. The maximum Gasteiger partial charge on any atom is 0.264 e. The van der Waals surface area contributed by atoms with Crippen molar-refractivity contribution in [2.75, 3.05) is 36.2 Å². The lowest BCUT2D eigenvalue weighted by Crippen LogP contribution is -2.49. The van der Waals surface area contributed by atoms with E-state index in [-0.39, 0.29) is 31.6 Å². The number of nitrogens with zero attached hydrogens (tertiary/aromatic N) is 5. The van der Waals surface area contributed by atoms with Crippen LogP contribution in [-0.2, 0) is 45.9 Å². The predicted molar refractivity (Wildman–Crippen MR) is 222 cm³/mol. The molecule has 304 valence electrons. The smallest absolute Gasteiger partial charge is 0.264 e. The molecule has 3 N–H and O–H groups in total. The molecule has 12 nitrogen and oxygen atoms in total. The highest BCUT2D eigenvalue weighted by Crippen LogP contribution is 2.60. The fourth-order valence-electron chi connectivity index (χ4n) is 9.08. The summed E-state index contributed by atoms with van der Waals surface area (Å²) >= 11 is 3.63. The van der Waals surface area contributed by atoms with E-state index < -0.39 is 37.6 Å². The van der Waals surface area contributed by atoms with E-state index in [4.69, 9.17) is 9.47 Å². The van der Waals surface area contributed by atoms with Crippen molar-refractivity contribution in [3.05, 3.63) is 93.7 Å². The molecule has 3 aromatic carbocycles. The van der Waals surface area contributed by atoms with Crippen LogP contribution in [0.1, 0.15) is 55.5 Å². The van der Waals surface area contributed by atoms with Crippen LogP contribution in [0.15, 0.2) is 71.3 Å². The maximum atomic E-state index is 16.4. The highest BCUT2D eigenvalue weighted by molar-refractivity contribution is 9.10. The normalized spacial score (nSPS) is 23.1. The minimum Gasteiger partial charge on any atom is -0.494 e. The third-order valence-electron chi connectivity index (χ3n) is 11.5. The van der Waals surface area contributed by atoms with Gasteiger partial charge in [-0.15, -0.1) is 5.10 Å². The third-order valence-corrected chi connectivity index (χ3v) is 14.5. The highest BCUT2D eigenvalue weighted by Gasteiger charge is 2.66. The van der Waals surface area contributed by atoms with E-state index in [9.17, 15) is 15.0 Å². The maximum absolute atomic E-state index is 16.4. The number of aliphatic hydroxyl groups is 2. The van der Waals surface area contributed by atoms with Gasteiger partial charge < -0.3 is 34.0 Å². The number of hydrogen-bond donors (Lipinski definition) is 3. The van der Waals surface area contributed by atoms with Crippen LogP contribution in [-0.4, -0.2) is 83.9 Å². The third kappa shape index (κ3) is 8.06. The van der Waals surface area contributed by atoms with Gasteiger partial charge in [0.1, 0.15) is 5.75 Å². The number of hydrogen-bond acceptors (Lipinski definition) is 9. The zero-order chi connectivity index (χ0) is 40.5. The van der Waals surface area contributed by atoms with Gasteiger partial charge in [0.2, 0.25) is 14.3 Å². The SMILES string of the molecule is CCOc1ccc2c(c1)CC(NCCCCO)C(=O)N2c1cccc(CN2C(=O)[C@]3(O[C@H](CCn4cc(CCO)nn4)[C@@H]([Si](C)(C)F)[C@@H]3C)c3cc(Br)ccc32)c1. The van der Waals surface area contributed by atoms with E-state index in [1.807, 2.05) is 74.5 Å². The number of rotatable bonds is 16. The average Bonchev–Trinajstić information content (AvgIpc) is 3.82. The lowest BCUT2D eigenvalue weighted by molar-refractivity contribution is -0.146. The van der Waals surface area contributed by atoms with E-state index in [0.29, 0.717) is 68.0 Å². The van der Waals surface area contributed by atoms with Crippen LogP contribution < -0.4 is 19.9 Å². The van der Waals surface area contributed by atoms with Crippen molar-refractivity contribution in [3.63, 3.8) is 0 Å². The minimum atomic E-state index is -3.39. The Balaban J connectivity index is 1.20. The van der Waals surface area contributed by atoms with Gasteiger partial charge in [0.25, 0.3) is 5.91 Å². The number of aliphatic hydroxyl groups excluding tert-OH is 2. The van der Waals surface area contributed by atoms with Gasteiger partial charge in [0.05, 0.1) is 42.4 Å². The van der Waals surface area contributed by atoms with Crippen molar-refractivity contribution >= 4 is 53.2 Å². The molecule has 1 fully saturated rings. The predicted octanol–water partition coefficient (Wildman–Crippen LogP) is 6.34. The molecule has 0 bridgehead atoms. The molecular weight excluding hydrogens is 811 g/mol. The number of amides is 2. The molecule has 4 heterocycles. The number of fused-ring (bicyclic) bond motifs is 3. The lowest BCUT2D eigenvalue weighted by Gasteiger charge is -2.35. The largest absolute Gasteiger partial charge is 0.494 e. The number of carbonyl (C=O) groups is 2. The van der Waals surface area contributed by atoms with Crippen molar-refractivity contribution in [1.29, 1.82) is 0 Å². The number of anilines is 3. The zero-order valence-corrected chi connectivity index (χ0v) is 35.5. The Hall–Kier alpha value is -3.99. The molecule has 3 aliphatic heterocycles. The zero-order valence-electron chi connectivity index (χ0n) is 33.0. The van der Waals surface area contributed by atoms with Gasteiger partial charge >= 0.3 is 0 Å². The number of aromatic nitrogens is 3. The molecule has 0 aliphatic carbocycles. The highest BCUT2D eigenvalue weighted by atomic mass is 79.9. The number of benzene rings is 3. The van der Waals surface area contributed by atoms with E-state index in [0.717, 1.165) is 33.5 Å². The Kier molecular flexibility index (Phi) is 12.3. The Bertz CT molecular complexity index is 2100. The molecule has 5 atom stereocenters. The fourth-order valence-corrected chi connectivity index (χ4v) is 12.0. The van der Waals surface area contributed by atoms with Crippen molar-refractivity contribution < 1.29 is 33.4 Å². The van der Waals surface area contributed by atoms with Crippen LogP contribution in [0.3, 0.4) is 0 Å². The monoisotopic (exact) mass is 862 g/mol. The quantitative estimate of drug-likeness (QED) is 0.0669. The topological polar surface area (TPSA) is 142 Å². The average molecular weight is 864 g/mol. The van der Waals surface area contributed by atoms with Crippen LogP contribution in [0.4, 0.5) is 21.2 Å². The molecule has 0 radical (unpaired) electrons. The van der Waals surface area contributed by atoms with Crippen molar-refractivity contribution in [1.82, 2.24) is 20.3 Å². The van der Waals surface area contributed by atoms with Gasteiger partial charge in [-0.2, -0.15) is 0 Å². The molecule has 15 heteroatoms. The van der Waals surface area contributed by atoms with Crippen LogP contribution in [0.5, 0.6) is 5.75 Å². The van der Waals surface area contributed by atoms with Gasteiger partial charge in [-0.25, -0.2) is 0 Å². The molecule has 3 aliphatic rings. The Labute approximate surface area is 342 Å². The van der Waals surface area contributed by atoms with Gasteiger partial charge in [0, 0.05) is 59.6 Å². The number of halogens is 2. The first kappa shape index (κ1) is 41.2. The van der Waals surface area contributed by atoms with Gasteiger partial charge in [-0.05, 0) is 112 Å². The Morgan fingerprint density at radius 1 is 1.07 bits per heavy atom. The van der Waals surface area contributed by atoms with Crippen LogP contribution >= 0.6 is 15.9 Å². The van der Waals surface area contributed by atoms with E-state index >= 15 is 8.90 Å². The first-order valence-corrected chi connectivity index (χ1v) is 23.7. The van der Waals surface area contributed by atoms with Crippen LogP contribution in [0.2, 0.25) is 18.6 Å². The first-order valence-electron chi connectivity index (χ1n) is 19.9. The van der Waals surface area contributed by atoms with Gasteiger partial charge in [-0.1, -0.05) is 40.2 Å². The lowest BCUT2D eigenvalue weighted by atomic mass is 9.82. The first-order chi connectivity index (χ1) is 27.4. The summed E-state index contributed by atoms with van der Waals surface area (Å²) in [5, 5.41) is 30.4. The standard InChI is InChI=1S/C42H52BrFN6O6Si/c1-5-55-33-12-14-36-29(22-33)23-35(45-17-6-7-19-51)40(53)50(36)32-10-8-9-28(21-32)25-49-37-13-11-30(43)24-34(37)42(41(49)54)27(2)39(57(3,4)44)38(56-42)15-18-48-26-31(16-20-52)46-47-48/h8-14,21-22,24,26-27,35,38-39,45,51-52H,5-7,15-20,23,25H2,1-4H3/t27-,35?,38+,39-,42+/m0/s1. The van der Waals surface area contributed by atoms with Crippen molar-refractivity contribution in [2.24, 2.45) is 5.92 Å². The molecule has 2 amide bonds. The van der Waals surface area contributed by atoms with Crippen molar-refractivity contribution in [3.8, 4) is 5.75 Å². The van der Waals surface area contributed by atoms with E-state index in [2.05, 4.69) is 31.6 Å². The molecule has 1 aromatic heterocycles. The second kappa shape index (κ2) is 17.1. The number of nitrogens with one attached hydrogen (secondary N) is 1. The number of unbranched alkanes of at least 4 members (excludes halogenated alkanes) is 1. The van der Waals surface area contributed by atoms with E-state index in [1.165, 1.54) is 0 Å². The van der Waals surface area contributed by atoms with Gasteiger partial charge in [0.15, 0.2) is 5.60 Å². The molecule has 57 heavy (non-hydrogen) atoms.